The number of nitrogens with one attached hydrogen (secondary N) is 1. The highest BCUT2D eigenvalue weighted by atomic mass is 19.4. The first-order chi connectivity index (χ1) is 14.7. The number of alkyl halides is 3. The fraction of sp³-hybridized carbons (Fsp3) is 0.450. The van der Waals surface area contributed by atoms with Crippen molar-refractivity contribution in [1.82, 2.24) is 20.2 Å². The van der Waals surface area contributed by atoms with Gasteiger partial charge in [0.1, 0.15) is 12.1 Å². The van der Waals surface area contributed by atoms with Crippen molar-refractivity contribution in [3.63, 3.8) is 0 Å². The Morgan fingerprint density at radius 3 is 2.74 bits per heavy atom. The summed E-state index contributed by atoms with van der Waals surface area (Å²) in [5.41, 5.74) is 6.93. The Morgan fingerprint density at radius 1 is 1.35 bits per heavy atom. The van der Waals surface area contributed by atoms with Crippen LogP contribution in [0.5, 0.6) is 0 Å². The molecule has 2 aliphatic heterocycles. The van der Waals surface area contributed by atoms with E-state index in [4.69, 9.17) is 10.8 Å². The molecule has 1 saturated heterocycles. The van der Waals surface area contributed by atoms with Gasteiger partial charge < -0.3 is 21.1 Å². The first-order valence-electron chi connectivity index (χ1n) is 9.78. The highest BCUT2D eigenvalue weighted by Gasteiger charge is 2.34. The summed E-state index contributed by atoms with van der Waals surface area (Å²) in [6, 6.07) is 2.40. The fourth-order valence-corrected chi connectivity index (χ4v) is 3.63. The fourth-order valence-electron chi connectivity index (χ4n) is 3.63. The lowest BCUT2D eigenvalue weighted by molar-refractivity contribution is -0.140. The number of nitrogens with two attached hydrogens (primary N) is 1. The molecule has 2 aromatic rings. The summed E-state index contributed by atoms with van der Waals surface area (Å²) in [6.07, 6.45) is 0.182. The summed E-state index contributed by atoms with van der Waals surface area (Å²) >= 11 is 0. The molecule has 0 saturated carbocycles. The van der Waals surface area contributed by atoms with Gasteiger partial charge in [-0.05, 0) is 49.1 Å². The molecule has 11 heteroatoms. The van der Waals surface area contributed by atoms with Gasteiger partial charge in [0.05, 0.1) is 17.8 Å². The van der Waals surface area contributed by atoms with E-state index >= 15 is 0 Å². The smallest absolute Gasteiger partial charge is 0.419 e. The molecule has 31 heavy (non-hydrogen) atoms. The molecule has 2 atom stereocenters. The second-order valence-corrected chi connectivity index (χ2v) is 7.41. The van der Waals surface area contributed by atoms with Gasteiger partial charge in [-0.15, -0.1) is 0 Å². The number of amides is 1. The first kappa shape index (κ1) is 22.9. The van der Waals surface area contributed by atoms with E-state index in [-0.39, 0.29) is 6.04 Å². The summed E-state index contributed by atoms with van der Waals surface area (Å²) in [7, 11) is 0. The minimum Gasteiger partial charge on any atom is -0.465 e. The molecule has 4 rings (SSSR count). The number of hydrogen-bond acceptors (Lipinski definition) is 5. The van der Waals surface area contributed by atoms with Crippen molar-refractivity contribution < 1.29 is 27.5 Å². The van der Waals surface area contributed by atoms with Gasteiger partial charge in [-0.1, -0.05) is 6.07 Å². The van der Waals surface area contributed by atoms with Crippen LogP contribution >= 0.6 is 0 Å². The molecule has 0 spiro atoms. The molecule has 0 aliphatic carbocycles. The normalized spacial score (nSPS) is 19.3. The predicted molar refractivity (Wildman–Crippen MR) is 104 cm³/mol. The minimum atomic E-state index is -4.67. The van der Waals surface area contributed by atoms with Crippen molar-refractivity contribution >= 4 is 6.09 Å². The van der Waals surface area contributed by atoms with Crippen LogP contribution < -0.4 is 11.1 Å². The van der Waals surface area contributed by atoms with Crippen LogP contribution in [0, 0.1) is 5.82 Å². The average Bonchev–Trinajstić information content (AvgIpc) is 3.27. The Balaban J connectivity index is 0.000000185. The Morgan fingerprint density at radius 2 is 2.13 bits per heavy atom. The van der Waals surface area contributed by atoms with E-state index in [9.17, 15) is 22.4 Å². The largest absolute Gasteiger partial charge is 0.465 e. The zero-order valence-electron chi connectivity index (χ0n) is 16.6. The number of aromatic nitrogens is 2. The van der Waals surface area contributed by atoms with Gasteiger partial charge in [-0.2, -0.15) is 13.2 Å². The van der Waals surface area contributed by atoms with Gasteiger partial charge in [-0.25, -0.2) is 19.2 Å². The number of rotatable bonds is 2. The molecule has 1 fully saturated rings. The molecule has 0 bridgehead atoms. The van der Waals surface area contributed by atoms with E-state index in [1.165, 1.54) is 17.3 Å². The van der Waals surface area contributed by atoms with E-state index < -0.39 is 29.7 Å². The van der Waals surface area contributed by atoms with E-state index in [1.807, 2.05) is 0 Å². The highest BCUT2D eigenvalue weighted by molar-refractivity contribution is 5.65. The van der Waals surface area contributed by atoms with Crippen LogP contribution in [0.1, 0.15) is 41.3 Å². The van der Waals surface area contributed by atoms with Crippen LogP contribution in [0.2, 0.25) is 0 Å². The van der Waals surface area contributed by atoms with Crippen LogP contribution in [0.4, 0.5) is 22.4 Å². The summed E-state index contributed by atoms with van der Waals surface area (Å²) in [5, 5.41) is 11.9. The van der Waals surface area contributed by atoms with Gasteiger partial charge in [-0.3, -0.25) is 0 Å². The molecular weight excluding hydrogens is 418 g/mol. The third kappa shape index (κ3) is 5.67. The quantitative estimate of drug-likeness (QED) is 0.619. The lowest BCUT2D eigenvalue weighted by atomic mass is 9.97. The molecule has 1 aromatic carbocycles. The zero-order valence-corrected chi connectivity index (χ0v) is 16.6. The molecule has 3 heterocycles. The second kappa shape index (κ2) is 9.56. The number of carboxylic acid groups (broad SMARTS) is 1. The lowest BCUT2D eigenvalue weighted by Crippen LogP contribution is -2.35. The summed E-state index contributed by atoms with van der Waals surface area (Å²) < 4.78 is 50.6. The second-order valence-electron chi connectivity index (χ2n) is 7.41. The Labute approximate surface area is 176 Å². The van der Waals surface area contributed by atoms with E-state index in [0.717, 1.165) is 42.8 Å². The Bertz CT molecular complexity index is 919. The van der Waals surface area contributed by atoms with Crippen molar-refractivity contribution in [2.75, 3.05) is 13.1 Å². The van der Waals surface area contributed by atoms with Gasteiger partial charge in [0.25, 0.3) is 0 Å². The van der Waals surface area contributed by atoms with E-state index in [0.29, 0.717) is 25.1 Å². The molecule has 0 unspecified atom stereocenters. The van der Waals surface area contributed by atoms with Crippen molar-refractivity contribution in [2.45, 2.75) is 44.1 Å². The summed E-state index contributed by atoms with van der Waals surface area (Å²) in [5.74, 6) is -1.27. The average molecular weight is 441 g/mol. The van der Waals surface area contributed by atoms with Crippen molar-refractivity contribution in [2.24, 2.45) is 5.73 Å². The van der Waals surface area contributed by atoms with Gasteiger partial charge in [0.2, 0.25) is 0 Å². The van der Waals surface area contributed by atoms with Crippen molar-refractivity contribution in [3.8, 4) is 0 Å². The van der Waals surface area contributed by atoms with Crippen LogP contribution in [-0.4, -0.2) is 45.2 Å². The Kier molecular flexibility index (Phi) is 7.06. The van der Waals surface area contributed by atoms with Crippen LogP contribution in [0.25, 0.3) is 0 Å². The van der Waals surface area contributed by atoms with Gasteiger partial charge in [0.15, 0.2) is 0 Å². The number of hydrogen-bond donors (Lipinski definition) is 3. The SMILES string of the molecule is N[C@@H](c1ccc(C(F)(F)F)c(F)c1)[C@@H]1CCCN1.O=C(O)N1CCc2cncnc2C1. The molecule has 2 aliphatic rings. The zero-order chi connectivity index (χ0) is 22.6. The maximum absolute atomic E-state index is 13.4. The van der Waals surface area contributed by atoms with Crippen molar-refractivity contribution in [3.05, 3.63) is 58.9 Å². The third-order valence-corrected chi connectivity index (χ3v) is 5.36. The molecule has 168 valence electrons. The number of benzene rings is 1. The molecule has 7 nitrogen and oxygen atoms in total. The third-order valence-electron chi connectivity index (χ3n) is 5.36. The van der Waals surface area contributed by atoms with Crippen LogP contribution in [0.15, 0.2) is 30.7 Å². The molecule has 4 N–H and O–H groups in total. The van der Waals surface area contributed by atoms with Crippen LogP contribution in [-0.2, 0) is 19.1 Å². The number of fused-ring (bicyclic) bond motifs is 1. The number of nitrogens with zero attached hydrogens (tertiary/aromatic N) is 3. The molecular formula is C20H23F4N5O2. The standard InChI is InChI=1S/C12H14F4N2.C8H9N3O2/c13-9-6-7(3-4-8(9)12(14,15)16)11(17)10-2-1-5-18-10;12-8(13)11-2-1-6-3-9-5-10-7(6)4-11/h3-4,6,10-11,18H,1-2,5,17H2;3,5H,1-2,4H2,(H,12,13)/t10-,11-;/m0./s1. The number of carbonyl (C=O) groups is 1. The summed E-state index contributed by atoms with van der Waals surface area (Å²) in [6.45, 7) is 1.75. The van der Waals surface area contributed by atoms with Crippen LogP contribution in [0.3, 0.4) is 0 Å². The number of halogens is 4. The predicted octanol–water partition coefficient (Wildman–Crippen LogP) is 3.11. The molecule has 0 radical (unpaired) electrons. The van der Waals surface area contributed by atoms with Gasteiger partial charge in [0, 0.05) is 24.8 Å². The first-order valence-corrected chi connectivity index (χ1v) is 9.78. The molecule has 1 amide bonds. The maximum atomic E-state index is 13.4. The van der Waals surface area contributed by atoms with Crippen molar-refractivity contribution in [1.29, 1.82) is 0 Å². The highest BCUT2D eigenvalue weighted by Crippen LogP contribution is 2.33. The maximum Gasteiger partial charge on any atom is 0.419 e. The molecule has 1 aromatic heterocycles. The lowest BCUT2D eigenvalue weighted by Gasteiger charge is -2.24. The minimum absolute atomic E-state index is 0.00105. The summed E-state index contributed by atoms with van der Waals surface area (Å²) in [4.78, 5) is 19.9. The topological polar surface area (TPSA) is 104 Å². The van der Waals surface area contributed by atoms with E-state index in [2.05, 4.69) is 15.3 Å². The van der Waals surface area contributed by atoms with Gasteiger partial charge >= 0.3 is 12.3 Å². The Hall–Kier alpha value is -2.79. The monoisotopic (exact) mass is 441 g/mol. The van der Waals surface area contributed by atoms with E-state index in [1.54, 1.807) is 6.20 Å².